The van der Waals surface area contributed by atoms with Gasteiger partial charge in [-0.2, -0.15) is 5.10 Å². The van der Waals surface area contributed by atoms with Crippen LogP contribution in [-0.4, -0.2) is 22.0 Å². The van der Waals surface area contributed by atoms with Crippen LogP contribution >= 0.6 is 0 Å². The van der Waals surface area contributed by atoms with Crippen LogP contribution in [-0.2, 0) is 11.3 Å². The van der Waals surface area contributed by atoms with E-state index >= 15 is 0 Å². The van der Waals surface area contributed by atoms with Crippen molar-refractivity contribution in [3.63, 3.8) is 0 Å². The molecular weight excluding hydrogens is 364 g/mol. The van der Waals surface area contributed by atoms with Gasteiger partial charge in [-0.15, -0.1) is 0 Å². The molecule has 1 heterocycles. The Balaban J connectivity index is 1.18. The average molecular weight is 393 g/mol. The largest absolute Gasteiger partial charge is 0.352 e. The minimum atomic E-state index is -0.194. The van der Waals surface area contributed by atoms with Crippen molar-refractivity contribution in [1.29, 1.82) is 0 Å². The zero-order valence-corrected chi connectivity index (χ0v) is 16.8. The highest BCUT2D eigenvalue weighted by atomic mass is 16.2. The van der Waals surface area contributed by atoms with E-state index in [0.717, 1.165) is 48.3 Å². The summed E-state index contributed by atoms with van der Waals surface area (Å²) in [7, 11) is 0. The van der Waals surface area contributed by atoms with Crippen LogP contribution in [0.15, 0.2) is 30.3 Å². The molecule has 6 rings (SSSR count). The molecule has 4 bridgehead atoms. The quantitative estimate of drug-likeness (QED) is 0.723. The zero-order valence-electron chi connectivity index (χ0n) is 16.8. The van der Waals surface area contributed by atoms with E-state index < -0.39 is 0 Å². The van der Waals surface area contributed by atoms with Gasteiger partial charge in [0, 0.05) is 29.3 Å². The van der Waals surface area contributed by atoms with E-state index in [1.165, 1.54) is 19.3 Å². The van der Waals surface area contributed by atoms with E-state index in [-0.39, 0.29) is 17.2 Å². The molecule has 1 aromatic heterocycles. The number of benzene rings is 1. The van der Waals surface area contributed by atoms with Gasteiger partial charge in [0.25, 0.3) is 5.91 Å². The standard InChI is InChI=1S/C23H28N4O2/c1-14-6-20(27-26-14)25-21(28)19-4-2-15(3-5-19)13-24-22(29)23-10-16-7-17(11-23)9-18(8-16)12-23/h2-6,16-18H,7-13H2,1H3,(H,24,29)(H2,25,26,27,28). The van der Waals surface area contributed by atoms with Gasteiger partial charge in [-0.3, -0.25) is 14.7 Å². The molecule has 0 radical (unpaired) electrons. The highest BCUT2D eigenvalue weighted by Crippen LogP contribution is 2.60. The third kappa shape index (κ3) is 3.56. The molecule has 0 saturated heterocycles. The van der Waals surface area contributed by atoms with Gasteiger partial charge >= 0.3 is 0 Å². The number of carbonyl (C=O) groups is 2. The second kappa shape index (κ2) is 7.01. The molecule has 29 heavy (non-hydrogen) atoms. The fourth-order valence-corrected chi connectivity index (χ4v) is 6.20. The van der Waals surface area contributed by atoms with Crippen molar-refractivity contribution in [2.45, 2.75) is 52.0 Å². The molecule has 0 unspecified atom stereocenters. The summed E-state index contributed by atoms with van der Waals surface area (Å²) in [6.45, 7) is 2.40. The average Bonchev–Trinajstić information content (AvgIpc) is 3.10. The molecule has 2 aromatic rings. The van der Waals surface area contributed by atoms with Crippen molar-refractivity contribution in [3.8, 4) is 0 Å². The Hall–Kier alpha value is -2.63. The number of hydrogen-bond acceptors (Lipinski definition) is 3. The van der Waals surface area contributed by atoms with Crippen molar-refractivity contribution < 1.29 is 9.59 Å². The lowest BCUT2D eigenvalue weighted by Crippen LogP contribution is -2.53. The smallest absolute Gasteiger partial charge is 0.256 e. The number of carbonyl (C=O) groups excluding carboxylic acids is 2. The van der Waals surface area contributed by atoms with Gasteiger partial charge in [-0.25, -0.2) is 0 Å². The van der Waals surface area contributed by atoms with Crippen LogP contribution in [0.25, 0.3) is 0 Å². The molecule has 0 spiro atoms. The van der Waals surface area contributed by atoms with Crippen LogP contribution in [0.5, 0.6) is 0 Å². The number of hydrogen-bond donors (Lipinski definition) is 3. The predicted molar refractivity (Wildman–Crippen MR) is 110 cm³/mol. The number of amides is 2. The van der Waals surface area contributed by atoms with E-state index in [2.05, 4.69) is 20.8 Å². The molecule has 152 valence electrons. The first-order chi connectivity index (χ1) is 14.0. The van der Waals surface area contributed by atoms with Gasteiger partial charge in [0.2, 0.25) is 5.91 Å². The summed E-state index contributed by atoms with van der Waals surface area (Å²) in [6.07, 6.45) is 7.26. The van der Waals surface area contributed by atoms with E-state index in [0.29, 0.717) is 17.9 Å². The Kier molecular flexibility index (Phi) is 4.45. The molecule has 4 aliphatic carbocycles. The third-order valence-electron chi connectivity index (χ3n) is 7.14. The Morgan fingerprint density at radius 2 is 1.69 bits per heavy atom. The van der Waals surface area contributed by atoms with Crippen molar-refractivity contribution >= 4 is 17.6 Å². The van der Waals surface area contributed by atoms with E-state index in [1.807, 2.05) is 19.1 Å². The van der Waals surface area contributed by atoms with Crippen molar-refractivity contribution in [2.24, 2.45) is 23.2 Å². The predicted octanol–water partition coefficient (Wildman–Crippen LogP) is 3.80. The first-order valence-corrected chi connectivity index (χ1v) is 10.7. The van der Waals surface area contributed by atoms with E-state index in [1.54, 1.807) is 18.2 Å². The normalized spacial score (nSPS) is 29.6. The second-order valence-electron chi connectivity index (χ2n) is 9.47. The number of anilines is 1. The summed E-state index contributed by atoms with van der Waals surface area (Å²) in [6, 6.07) is 9.18. The fraction of sp³-hybridized carbons (Fsp3) is 0.522. The van der Waals surface area contributed by atoms with Gasteiger partial charge in [0.1, 0.15) is 0 Å². The summed E-state index contributed by atoms with van der Waals surface area (Å²) in [5.74, 6) is 2.86. The van der Waals surface area contributed by atoms with Crippen molar-refractivity contribution in [1.82, 2.24) is 15.5 Å². The Morgan fingerprint density at radius 3 is 2.24 bits per heavy atom. The summed E-state index contributed by atoms with van der Waals surface area (Å²) >= 11 is 0. The van der Waals surface area contributed by atoms with Gasteiger partial charge in [0.05, 0.1) is 0 Å². The molecular formula is C23H28N4O2. The lowest BCUT2D eigenvalue weighted by molar-refractivity contribution is -0.146. The van der Waals surface area contributed by atoms with Crippen molar-refractivity contribution in [2.75, 3.05) is 5.32 Å². The minimum Gasteiger partial charge on any atom is -0.352 e. The van der Waals surface area contributed by atoms with Crippen LogP contribution < -0.4 is 10.6 Å². The zero-order chi connectivity index (χ0) is 20.0. The number of aromatic nitrogens is 2. The van der Waals surface area contributed by atoms with Crippen LogP contribution in [0.4, 0.5) is 5.82 Å². The molecule has 3 N–H and O–H groups in total. The SMILES string of the molecule is Cc1cc(NC(=O)c2ccc(CNC(=O)C34CC5CC(CC(C5)C3)C4)cc2)n[nH]1. The lowest BCUT2D eigenvalue weighted by atomic mass is 9.49. The number of aryl methyl sites for hydroxylation is 1. The molecule has 4 fully saturated rings. The van der Waals surface area contributed by atoms with Crippen molar-refractivity contribution in [3.05, 3.63) is 47.2 Å². The number of nitrogens with zero attached hydrogens (tertiary/aromatic N) is 1. The third-order valence-corrected chi connectivity index (χ3v) is 7.14. The lowest BCUT2D eigenvalue weighted by Gasteiger charge is -2.55. The summed E-state index contributed by atoms with van der Waals surface area (Å²) in [4.78, 5) is 25.4. The minimum absolute atomic E-state index is 0.115. The van der Waals surface area contributed by atoms with Crippen LogP contribution in [0.1, 0.15) is 60.1 Å². The molecule has 4 aliphatic rings. The van der Waals surface area contributed by atoms with Gasteiger partial charge < -0.3 is 10.6 Å². The highest BCUT2D eigenvalue weighted by Gasteiger charge is 2.54. The Morgan fingerprint density at radius 1 is 1.07 bits per heavy atom. The fourth-order valence-electron chi connectivity index (χ4n) is 6.20. The number of nitrogens with one attached hydrogen (secondary N) is 3. The molecule has 2 amide bonds. The second-order valence-corrected chi connectivity index (χ2v) is 9.47. The maximum absolute atomic E-state index is 13.1. The Bertz CT molecular complexity index is 895. The number of H-pyrrole nitrogens is 1. The maximum atomic E-state index is 13.1. The van der Waals surface area contributed by atoms with Crippen LogP contribution in [0.3, 0.4) is 0 Å². The number of rotatable bonds is 5. The molecule has 6 heteroatoms. The number of aromatic amines is 1. The van der Waals surface area contributed by atoms with Gasteiger partial charge in [-0.1, -0.05) is 12.1 Å². The first kappa shape index (κ1) is 18.4. The van der Waals surface area contributed by atoms with Crippen LogP contribution in [0.2, 0.25) is 0 Å². The molecule has 6 nitrogen and oxygen atoms in total. The molecule has 0 aliphatic heterocycles. The maximum Gasteiger partial charge on any atom is 0.256 e. The van der Waals surface area contributed by atoms with Gasteiger partial charge in [-0.05, 0) is 80.9 Å². The summed E-state index contributed by atoms with van der Waals surface area (Å²) in [5, 5.41) is 12.8. The van der Waals surface area contributed by atoms with Crippen LogP contribution in [0, 0.1) is 30.1 Å². The Labute approximate surface area is 170 Å². The topological polar surface area (TPSA) is 86.9 Å². The first-order valence-electron chi connectivity index (χ1n) is 10.7. The summed E-state index contributed by atoms with van der Waals surface area (Å²) < 4.78 is 0. The van der Waals surface area contributed by atoms with Gasteiger partial charge in [0.15, 0.2) is 5.82 Å². The molecule has 0 atom stereocenters. The summed E-state index contributed by atoms with van der Waals surface area (Å²) in [5.41, 5.74) is 2.36. The molecule has 4 saturated carbocycles. The van der Waals surface area contributed by atoms with E-state index in [4.69, 9.17) is 0 Å². The van der Waals surface area contributed by atoms with E-state index in [9.17, 15) is 9.59 Å². The highest BCUT2D eigenvalue weighted by molar-refractivity contribution is 6.03. The molecule has 1 aromatic carbocycles. The monoisotopic (exact) mass is 392 g/mol.